The fourth-order valence-electron chi connectivity index (χ4n) is 3.20. The summed E-state index contributed by atoms with van der Waals surface area (Å²) in [7, 11) is 0. The molecular formula is C19H16N4O2. The number of furan rings is 1. The molecule has 6 heteroatoms. The van der Waals surface area contributed by atoms with Crippen LogP contribution in [-0.4, -0.2) is 42.0 Å². The molecular weight excluding hydrogens is 316 g/mol. The van der Waals surface area contributed by atoms with Crippen LogP contribution in [0.2, 0.25) is 0 Å². The molecule has 0 aliphatic carbocycles. The van der Waals surface area contributed by atoms with Crippen LogP contribution in [0.1, 0.15) is 16.1 Å². The molecule has 4 rings (SSSR count). The second kappa shape index (κ2) is 6.29. The lowest BCUT2D eigenvalue weighted by Gasteiger charge is -2.36. The molecule has 2 aromatic heterocycles. The van der Waals surface area contributed by atoms with Gasteiger partial charge in [0, 0.05) is 37.3 Å². The average Bonchev–Trinajstić information content (AvgIpc) is 3.21. The topological polar surface area (TPSA) is 73.4 Å². The van der Waals surface area contributed by atoms with Crippen molar-refractivity contribution in [2.45, 2.75) is 0 Å². The number of hydrogen-bond donors (Lipinski definition) is 0. The molecule has 0 radical (unpaired) electrons. The quantitative estimate of drug-likeness (QED) is 0.721. The first kappa shape index (κ1) is 15.2. The van der Waals surface area contributed by atoms with Crippen LogP contribution in [0.3, 0.4) is 0 Å². The smallest absolute Gasteiger partial charge is 0.257 e. The third-order valence-electron chi connectivity index (χ3n) is 4.48. The average molecular weight is 332 g/mol. The summed E-state index contributed by atoms with van der Waals surface area (Å²) in [5.74, 6) is -0.00861. The van der Waals surface area contributed by atoms with E-state index in [4.69, 9.17) is 4.42 Å². The van der Waals surface area contributed by atoms with Crippen LogP contribution < -0.4 is 4.90 Å². The van der Waals surface area contributed by atoms with E-state index in [-0.39, 0.29) is 5.91 Å². The Kier molecular flexibility index (Phi) is 3.82. The standard InChI is InChI=1S/C19H16N4O2/c20-12-15-11-18(16-3-1-2-4-17(16)21-15)22-6-8-23(9-7-22)19(24)14-5-10-25-13-14/h1-5,10-11,13H,6-9H2. The number of nitriles is 1. The number of anilines is 1. The van der Waals surface area contributed by atoms with Crippen molar-refractivity contribution in [2.24, 2.45) is 0 Å². The molecule has 0 saturated carbocycles. The van der Waals surface area contributed by atoms with Crippen LogP contribution in [0.5, 0.6) is 0 Å². The largest absolute Gasteiger partial charge is 0.472 e. The molecule has 3 heterocycles. The zero-order valence-electron chi connectivity index (χ0n) is 13.6. The van der Waals surface area contributed by atoms with Gasteiger partial charge in [-0.2, -0.15) is 5.26 Å². The van der Waals surface area contributed by atoms with E-state index in [1.165, 1.54) is 12.5 Å². The minimum Gasteiger partial charge on any atom is -0.472 e. The van der Waals surface area contributed by atoms with Gasteiger partial charge >= 0.3 is 0 Å². The van der Waals surface area contributed by atoms with Gasteiger partial charge in [0.1, 0.15) is 18.0 Å². The second-order valence-electron chi connectivity index (χ2n) is 5.95. The monoisotopic (exact) mass is 332 g/mol. The van der Waals surface area contributed by atoms with Crippen molar-refractivity contribution in [3.63, 3.8) is 0 Å². The zero-order valence-corrected chi connectivity index (χ0v) is 13.6. The third-order valence-corrected chi connectivity index (χ3v) is 4.48. The number of hydrogen-bond acceptors (Lipinski definition) is 5. The Hall–Kier alpha value is -3.33. The zero-order chi connectivity index (χ0) is 17.2. The highest BCUT2D eigenvalue weighted by molar-refractivity contribution is 5.94. The number of nitrogens with zero attached hydrogens (tertiary/aromatic N) is 4. The van der Waals surface area contributed by atoms with Gasteiger partial charge in [0.25, 0.3) is 5.91 Å². The van der Waals surface area contributed by atoms with Crippen molar-refractivity contribution in [3.05, 3.63) is 60.2 Å². The lowest BCUT2D eigenvalue weighted by molar-refractivity contribution is 0.0746. The van der Waals surface area contributed by atoms with Crippen LogP contribution in [-0.2, 0) is 0 Å². The number of piperazine rings is 1. The summed E-state index contributed by atoms with van der Waals surface area (Å²) in [4.78, 5) is 20.8. The number of benzene rings is 1. The summed E-state index contributed by atoms with van der Waals surface area (Å²) in [5.41, 5.74) is 2.80. The molecule has 0 unspecified atom stereocenters. The summed E-state index contributed by atoms with van der Waals surface area (Å²) in [6, 6.07) is 13.5. The van der Waals surface area contributed by atoms with Gasteiger partial charge in [-0.1, -0.05) is 18.2 Å². The number of aromatic nitrogens is 1. The third kappa shape index (κ3) is 2.81. The van der Waals surface area contributed by atoms with Gasteiger partial charge in [0.2, 0.25) is 0 Å². The van der Waals surface area contributed by atoms with Gasteiger partial charge in [0.05, 0.1) is 17.3 Å². The Labute approximate surface area is 144 Å². The normalized spacial score (nSPS) is 14.5. The highest BCUT2D eigenvalue weighted by Gasteiger charge is 2.24. The fourth-order valence-corrected chi connectivity index (χ4v) is 3.20. The molecule has 0 bridgehead atoms. The van der Waals surface area contributed by atoms with Crippen molar-refractivity contribution in [1.82, 2.24) is 9.88 Å². The van der Waals surface area contributed by atoms with E-state index in [0.717, 1.165) is 16.6 Å². The number of carbonyl (C=O) groups is 1. The van der Waals surface area contributed by atoms with Crippen molar-refractivity contribution in [1.29, 1.82) is 5.26 Å². The molecule has 1 aromatic carbocycles. The number of para-hydroxylation sites is 1. The van der Waals surface area contributed by atoms with Gasteiger partial charge in [-0.3, -0.25) is 4.79 Å². The maximum absolute atomic E-state index is 12.4. The molecule has 6 nitrogen and oxygen atoms in total. The van der Waals surface area contributed by atoms with Crippen molar-refractivity contribution >= 4 is 22.5 Å². The minimum atomic E-state index is -0.00861. The molecule has 124 valence electrons. The van der Waals surface area contributed by atoms with Crippen LogP contribution in [0.4, 0.5) is 5.69 Å². The first-order chi connectivity index (χ1) is 12.3. The molecule has 1 fully saturated rings. The van der Waals surface area contributed by atoms with E-state index in [0.29, 0.717) is 37.4 Å². The maximum Gasteiger partial charge on any atom is 0.257 e. The minimum absolute atomic E-state index is 0.00861. The molecule has 0 spiro atoms. The van der Waals surface area contributed by atoms with Crippen molar-refractivity contribution in [2.75, 3.05) is 31.1 Å². The second-order valence-corrected chi connectivity index (χ2v) is 5.95. The first-order valence-corrected chi connectivity index (χ1v) is 8.12. The van der Waals surface area contributed by atoms with Crippen LogP contribution >= 0.6 is 0 Å². The highest BCUT2D eigenvalue weighted by Crippen LogP contribution is 2.27. The lowest BCUT2D eigenvalue weighted by atomic mass is 10.1. The number of fused-ring (bicyclic) bond motifs is 1. The number of rotatable bonds is 2. The van der Waals surface area contributed by atoms with E-state index in [9.17, 15) is 10.1 Å². The molecule has 0 atom stereocenters. The van der Waals surface area contributed by atoms with E-state index in [2.05, 4.69) is 16.0 Å². The molecule has 25 heavy (non-hydrogen) atoms. The Bertz CT molecular complexity index is 951. The van der Waals surface area contributed by atoms with Crippen LogP contribution in [0.25, 0.3) is 10.9 Å². The summed E-state index contributed by atoms with van der Waals surface area (Å²) in [6.07, 6.45) is 2.99. The summed E-state index contributed by atoms with van der Waals surface area (Å²) in [6.45, 7) is 2.68. The lowest BCUT2D eigenvalue weighted by Crippen LogP contribution is -2.48. The van der Waals surface area contributed by atoms with E-state index in [1.54, 1.807) is 6.07 Å². The van der Waals surface area contributed by atoms with Crippen LogP contribution in [0.15, 0.2) is 53.3 Å². The Morgan fingerprint density at radius 1 is 1.16 bits per heavy atom. The van der Waals surface area contributed by atoms with E-state index >= 15 is 0 Å². The Morgan fingerprint density at radius 3 is 2.68 bits per heavy atom. The van der Waals surface area contributed by atoms with Gasteiger partial charge in [-0.25, -0.2) is 4.98 Å². The molecule has 3 aromatic rings. The van der Waals surface area contributed by atoms with Crippen LogP contribution in [0, 0.1) is 11.3 Å². The van der Waals surface area contributed by atoms with Gasteiger partial charge < -0.3 is 14.2 Å². The molecule has 0 N–H and O–H groups in total. The van der Waals surface area contributed by atoms with Gasteiger partial charge in [0.15, 0.2) is 0 Å². The summed E-state index contributed by atoms with van der Waals surface area (Å²) >= 11 is 0. The first-order valence-electron chi connectivity index (χ1n) is 8.12. The highest BCUT2D eigenvalue weighted by atomic mass is 16.3. The Morgan fingerprint density at radius 2 is 1.96 bits per heavy atom. The molecule has 1 aliphatic heterocycles. The summed E-state index contributed by atoms with van der Waals surface area (Å²) < 4.78 is 5.00. The summed E-state index contributed by atoms with van der Waals surface area (Å²) in [5, 5.41) is 10.3. The number of carbonyl (C=O) groups excluding carboxylic acids is 1. The van der Waals surface area contributed by atoms with E-state index in [1.807, 2.05) is 35.2 Å². The SMILES string of the molecule is N#Cc1cc(N2CCN(C(=O)c3ccoc3)CC2)c2ccccc2n1. The van der Waals surface area contributed by atoms with Crippen molar-refractivity contribution in [3.8, 4) is 6.07 Å². The Balaban J connectivity index is 1.58. The van der Waals surface area contributed by atoms with Gasteiger partial charge in [-0.05, 0) is 18.2 Å². The number of pyridine rings is 1. The maximum atomic E-state index is 12.4. The predicted octanol–water partition coefficient (Wildman–Crippen LogP) is 2.66. The van der Waals surface area contributed by atoms with E-state index < -0.39 is 0 Å². The molecule has 1 aliphatic rings. The predicted molar refractivity (Wildman–Crippen MR) is 93.3 cm³/mol. The molecule has 1 saturated heterocycles. The van der Waals surface area contributed by atoms with Crippen molar-refractivity contribution < 1.29 is 9.21 Å². The fraction of sp³-hybridized carbons (Fsp3) is 0.211. The molecule has 1 amide bonds. The van der Waals surface area contributed by atoms with Gasteiger partial charge in [-0.15, -0.1) is 0 Å². The number of amides is 1.